The van der Waals surface area contributed by atoms with Gasteiger partial charge in [-0.25, -0.2) is 9.97 Å². The minimum atomic E-state index is -0.152. The number of hydrogen-bond donors (Lipinski definition) is 0. The zero-order valence-electron chi connectivity index (χ0n) is 34.3. The number of rotatable bonds is 3. The summed E-state index contributed by atoms with van der Waals surface area (Å²) < 4.78 is 2.55. The van der Waals surface area contributed by atoms with E-state index in [1.54, 1.807) is 0 Å². The highest BCUT2D eigenvalue weighted by Crippen LogP contribution is 2.55. The highest BCUT2D eigenvalue weighted by Gasteiger charge is 2.43. The van der Waals surface area contributed by atoms with Gasteiger partial charge in [0, 0.05) is 54.1 Å². The second-order valence-electron chi connectivity index (χ2n) is 18.5. The molecule has 0 aliphatic heterocycles. The largest absolute Gasteiger partial charge is 0.308 e. The summed E-state index contributed by atoms with van der Waals surface area (Å²) in [6.07, 6.45) is 11.9. The first-order valence-corrected chi connectivity index (χ1v) is 21.5. The molecule has 3 heterocycles. The van der Waals surface area contributed by atoms with Crippen molar-refractivity contribution < 1.29 is 0 Å². The van der Waals surface area contributed by atoms with Crippen LogP contribution in [0.1, 0.15) is 57.2 Å². The van der Waals surface area contributed by atoms with E-state index in [0.717, 1.165) is 46.4 Å². The fourth-order valence-electron chi connectivity index (χ4n) is 11.3. The second kappa shape index (κ2) is 11.9. The topological polar surface area (TPSA) is 30.2 Å². The molecule has 13 rings (SSSR count). The zero-order chi connectivity index (χ0) is 40.1. The Morgan fingerprint density at radius 2 is 1.43 bits per heavy atom. The Morgan fingerprint density at radius 3 is 2.32 bits per heavy atom. The summed E-state index contributed by atoms with van der Waals surface area (Å²) in [5, 5.41) is 13.1. The van der Waals surface area contributed by atoms with Gasteiger partial charge in [0.1, 0.15) is 0 Å². The molecule has 10 aromatic rings. The number of nitrogens with zero attached hydrogens (tertiary/aromatic N) is 3. The van der Waals surface area contributed by atoms with Gasteiger partial charge in [-0.2, -0.15) is 0 Å². The normalized spacial score (nSPS) is 19.4. The lowest BCUT2D eigenvalue weighted by atomic mass is 9.68. The van der Waals surface area contributed by atoms with Crippen molar-refractivity contribution >= 4 is 77.4 Å². The maximum absolute atomic E-state index is 5.24. The Balaban J connectivity index is 0.868. The first-order valence-electron chi connectivity index (χ1n) is 21.5. The molecule has 7 aromatic carbocycles. The molecule has 0 fully saturated rings. The van der Waals surface area contributed by atoms with Crippen molar-refractivity contribution in [3.8, 4) is 22.6 Å². The van der Waals surface area contributed by atoms with E-state index in [4.69, 9.17) is 9.97 Å². The molecule has 0 saturated carbocycles. The summed E-state index contributed by atoms with van der Waals surface area (Å²) in [5.41, 5.74) is 13.5. The van der Waals surface area contributed by atoms with Crippen molar-refractivity contribution in [3.05, 3.63) is 178 Å². The van der Waals surface area contributed by atoms with Gasteiger partial charge in [0.25, 0.3) is 0 Å². The monoisotopic (exact) mass is 769 g/mol. The molecule has 3 nitrogen and oxygen atoms in total. The van der Waals surface area contributed by atoms with E-state index in [9.17, 15) is 0 Å². The molecule has 0 spiro atoms. The fraction of sp³-hybridized carbons (Fsp3) is 0.158. The van der Waals surface area contributed by atoms with Crippen molar-refractivity contribution in [2.75, 3.05) is 0 Å². The summed E-state index contributed by atoms with van der Waals surface area (Å²) in [7, 11) is 0. The molecule has 0 radical (unpaired) electrons. The van der Waals surface area contributed by atoms with Crippen LogP contribution in [-0.2, 0) is 10.8 Å². The van der Waals surface area contributed by atoms with E-state index in [2.05, 4.69) is 190 Å². The SMILES string of the molecule is CC1C=c2c(n3c4ccc5cc6c(cc5c4c4cccc2c43)C(C)(C)C2=C6C=CC(C)(c3ccc(-c4nc(-c5ccc6ccccc6c5)c5ccccc5n4)cc3)C2)=CC1. The Morgan fingerprint density at radius 1 is 0.667 bits per heavy atom. The van der Waals surface area contributed by atoms with E-state index in [-0.39, 0.29) is 10.8 Å². The van der Waals surface area contributed by atoms with Crippen molar-refractivity contribution in [1.82, 2.24) is 14.4 Å². The number of aromatic nitrogens is 3. The van der Waals surface area contributed by atoms with Gasteiger partial charge < -0.3 is 4.40 Å². The van der Waals surface area contributed by atoms with Gasteiger partial charge in [0.05, 0.1) is 22.2 Å². The first kappa shape index (κ1) is 34.1. The lowest BCUT2D eigenvalue weighted by Gasteiger charge is -2.36. The summed E-state index contributed by atoms with van der Waals surface area (Å²) in [4.78, 5) is 10.3. The molecule has 0 N–H and O–H groups in total. The highest BCUT2D eigenvalue weighted by molar-refractivity contribution is 6.24. The fourth-order valence-corrected chi connectivity index (χ4v) is 11.3. The summed E-state index contributed by atoms with van der Waals surface area (Å²) in [6, 6.07) is 49.2. The summed E-state index contributed by atoms with van der Waals surface area (Å²) >= 11 is 0. The smallest absolute Gasteiger partial charge is 0.160 e. The number of benzene rings is 7. The second-order valence-corrected chi connectivity index (χ2v) is 18.5. The molecule has 0 bridgehead atoms. The van der Waals surface area contributed by atoms with Crippen LogP contribution in [0.2, 0.25) is 0 Å². The third kappa shape index (κ3) is 4.61. The molecule has 3 aliphatic rings. The number of para-hydroxylation sites is 2. The van der Waals surface area contributed by atoms with E-state index >= 15 is 0 Å². The molecule has 0 saturated heterocycles. The molecule has 2 unspecified atom stereocenters. The lowest BCUT2D eigenvalue weighted by molar-refractivity contribution is 0.513. The van der Waals surface area contributed by atoms with Crippen molar-refractivity contribution in [2.24, 2.45) is 5.92 Å². The average molecular weight is 770 g/mol. The molecule has 2 atom stereocenters. The van der Waals surface area contributed by atoms with Gasteiger partial charge in [0.2, 0.25) is 0 Å². The predicted octanol–water partition coefficient (Wildman–Crippen LogP) is 12.8. The Hall–Kier alpha value is -6.84. The number of allylic oxidation sites excluding steroid dienone is 4. The molecular weight excluding hydrogens is 727 g/mol. The molecule has 3 heteroatoms. The van der Waals surface area contributed by atoms with Crippen LogP contribution >= 0.6 is 0 Å². The van der Waals surface area contributed by atoms with E-state index in [0.29, 0.717) is 5.92 Å². The van der Waals surface area contributed by atoms with Crippen LogP contribution in [0.25, 0.3) is 100 Å². The van der Waals surface area contributed by atoms with Crippen molar-refractivity contribution in [2.45, 2.75) is 51.4 Å². The Bertz CT molecular complexity index is 3710. The highest BCUT2D eigenvalue weighted by atomic mass is 14.9. The third-order valence-corrected chi connectivity index (χ3v) is 14.5. The molecular formula is C57H43N3. The number of hydrogen-bond acceptors (Lipinski definition) is 2. The lowest BCUT2D eigenvalue weighted by Crippen LogP contribution is -2.29. The molecule has 286 valence electrons. The van der Waals surface area contributed by atoms with Crippen LogP contribution in [0.3, 0.4) is 0 Å². The van der Waals surface area contributed by atoms with Gasteiger partial charge in [-0.05, 0) is 92.9 Å². The van der Waals surface area contributed by atoms with Crippen LogP contribution in [-0.4, -0.2) is 14.4 Å². The summed E-state index contributed by atoms with van der Waals surface area (Å²) in [6.45, 7) is 9.62. The van der Waals surface area contributed by atoms with Gasteiger partial charge in [-0.15, -0.1) is 0 Å². The molecule has 0 amide bonds. The minimum absolute atomic E-state index is 0.108. The average Bonchev–Trinajstić information content (AvgIpc) is 3.87. The standard InChI is InChI=1S/C57H43N3/c1-33-16-24-50-46(28-33)41-13-9-14-43-52-44-31-47-45(30-37(44)21-25-51(52)60(50)54(41)43)40-26-27-57(4,32-48(40)56(47,2)3)39-22-19-35(20-23-39)55-58-49-15-8-7-12-42(49)53(59-55)38-18-17-34-10-5-6-11-36(34)29-38/h5-15,17-31,33H,16,32H2,1-4H3. The maximum Gasteiger partial charge on any atom is 0.160 e. The molecule has 60 heavy (non-hydrogen) atoms. The maximum atomic E-state index is 5.24. The van der Waals surface area contributed by atoms with Crippen LogP contribution < -0.4 is 10.6 Å². The third-order valence-electron chi connectivity index (χ3n) is 14.5. The Labute approximate surface area is 348 Å². The van der Waals surface area contributed by atoms with Crippen molar-refractivity contribution in [3.63, 3.8) is 0 Å². The minimum Gasteiger partial charge on any atom is -0.308 e. The van der Waals surface area contributed by atoms with Gasteiger partial charge in [-0.3, -0.25) is 0 Å². The molecule has 3 aromatic heterocycles. The number of fused-ring (bicyclic) bond motifs is 12. The van der Waals surface area contributed by atoms with E-state index in [1.165, 1.54) is 87.1 Å². The van der Waals surface area contributed by atoms with E-state index in [1.807, 2.05) is 0 Å². The van der Waals surface area contributed by atoms with Crippen LogP contribution in [0.5, 0.6) is 0 Å². The molecule has 3 aliphatic carbocycles. The van der Waals surface area contributed by atoms with E-state index < -0.39 is 0 Å². The van der Waals surface area contributed by atoms with Crippen LogP contribution in [0, 0.1) is 5.92 Å². The summed E-state index contributed by atoms with van der Waals surface area (Å²) in [5.74, 6) is 1.31. The first-order chi connectivity index (χ1) is 29.2. The van der Waals surface area contributed by atoms with Crippen molar-refractivity contribution in [1.29, 1.82) is 0 Å². The van der Waals surface area contributed by atoms with Gasteiger partial charge >= 0.3 is 0 Å². The Kier molecular flexibility index (Phi) is 6.75. The van der Waals surface area contributed by atoms with Gasteiger partial charge in [-0.1, -0.05) is 161 Å². The van der Waals surface area contributed by atoms with Crippen LogP contribution in [0.4, 0.5) is 0 Å². The predicted molar refractivity (Wildman–Crippen MR) is 252 cm³/mol. The zero-order valence-corrected chi connectivity index (χ0v) is 34.3. The van der Waals surface area contributed by atoms with Gasteiger partial charge in [0.15, 0.2) is 5.82 Å². The van der Waals surface area contributed by atoms with Crippen LogP contribution in [0.15, 0.2) is 151 Å². The quantitative estimate of drug-likeness (QED) is 0.179.